The summed E-state index contributed by atoms with van der Waals surface area (Å²) in [4.78, 5) is 16.7. The van der Waals surface area contributed by atoms with Crippen LogP contribution >= 0.6 is 11.3 Å². The molecular formula is C23H17N3O3S. The molecule has 0 aliphatic rings. The van der Waals surface area contributed by atoms with E-state index in [0.717, 1.165) is 43.4 Å². The number of fused-ring (bicyclic) bond motifs is 3. The lowest BCUT2D eigenvalue weighted by Crippen LogP contribution is -1.92. The monoisotopic (exact) mass is 415 g/mol. The summed E-state index contributed by atoms with van der Waals surface area (Å²) in [6.45, 7) is 2.05. The molecule has 0 radical (unpaired) electrons. The third kappa shape index (κ3) is 2.91. The van der Waals surface area contributed by atoms with Gasteiger partial charge < -0.3 is 4.74 Å². The van der Waals surface area contributed by atoms with E-state index in [2.05, 4.69) is 24.3 Å². The second-order valence-corrected chi connectivity index (χ2v) is 8.04. The first-order valence-electron chi connectivity index (χ1n) is 9.36. The molecule has 0 aliphatic heterocycles. The topological polar surface area (TPSA) is 69.7 Å². The van der Waals surface area contributed by atoms with Gasteiger partial charge in [-0.25, -0.2) is 4.98 Å². The van der Waals surface area contributed by atoms with Gasteiger partial charge in [-0.3, -0.25) is 14.5 Å². The highest BCUT2D eigenvalue weighted by Crippen LogP contribution is 2.39. The molecule has 0 N–H and O–H groups in total. The van der Waals surface area contributed by atoms with E-state index < -0.39 is 0 Å². The molecule has 30 heavy (non-hydrogen) atoms. The van der Waals surface area contributed by atoms with Crippen LogP contribution in [0.5, 0.6) is 5.75 Å². The number of nitrogens with zero attached hydrogens (tertiary/aromatic N) is 3. The molecule has 0 fully saturated rings. The summed E-state index contributed by atoms with van der Waals surface area (Å²) in [5, 5.41) is 11.4. The van der Waals surface area contributed by atoms with Crippen molar-refractivity contribution in [3.8, 4) is 28.3 Å². The molecule has 0 spiro atoms. The molecule has 7 heteroatoms. The number of benzene rings is 3. The first-order valence-corrected chi connectivity index (χ1v) is 10.2. The van der Waals surface area contributed by atoms with E-state index in [0.29, 0.717) is 0 Å². The maximum absolute atomic E-state index is 11.4. The van der Waals surface area contributed by atoms with Crippen LogP contribution in [-0.4, -0.2) is 21.4 Å². The van der Waals surface area contributed by atoms with Gasteiger partial charge in [0.25, 0.3) is 5.69 Å². The minimum atomic E-state index is -0.367. The van der Waals surface area contributed by atoms with Gasteiger partial charge in [-0.15, -0.1) is 0 Å². The molecule has 0 bridgehead atoms. The molecule has 148 valence electrons. The molecule has 0 saturated carbocycles. The van der Waals surface area contributed by atoms with Gasteiger partial charge in [0.15, 0.2) is 4.96 Å². The second-order valence-electron chi connectivity index (χ2n) is 7.03. The Hall–Kier alpha value is -3.71. The van der Waals surface area contributed by atoms with E-state index in [1.165, 1.54) is 23.0 Å². The molecule has 3 aromatic carbocycles. The number of nitro benzene ring substituents is 1. The number of imidazole rings is 1. The number of hydrogen-bond acceptors (Lipinski definition) is 5. The van der Waals surface area contributed by atoms with Gasteiger partial charge in [0, 0.05) is 23.3 Å². The summed E-state index contributed by atoms with van der Waals surface area (Å²) in [6, 6.07) is 21.0. The summed E-state index contributed by atoms with van der Waals surface area (Å²) in [6.07, 6.45) is 0. The SMILES string of the molecule is COc1ccc(-c2c(-c3ccc(C)cc3)nc3sc4ccc([N+](=O)[O-])cc4n23)cc1. The number of thiazole rings is 1. The minimum Gasteiger partial charge on any atom is -0.497 e. The average molecular weight is 415 g/mol. The Morgan fingerprint density at radius 3 is 2.37 bits per heavy atom. The molecule has 6 nitrogen and oxygen atoms in total. The zero-order chi connectivity index (χ0) is 20.8. The molecule has 0 unspecified atom stereocenters. The smallest absolute Gasteiger partial charge is 0.271 e. The molecule has 0 atom stereocenters. The van der Waals surface area contributed by atoms with Crippen molar-refractivity contribution in [2.75, 3.05) is 7.11 Å². The minimum absolute atomic E-state index is 0.0634. The van der Waals surface area contributed by atoms with E-state index in [4.69, 9.17) is 9.72 Å². The summed E-state index contributed by atoms with van der Waals surface area (Å²) in [5.41, 5.74) is 5.73. The highest BCUT2D eigenvalue weighted by Gasteiger charge is 2.21. The van der Waals surface area contributed by atoms with Crippen LogP contribution in [-0.2, 0) is 0 Å². The van der Waals surface area contributed by atoms with Crippen LogP contribution in [0.25, 0.3) is 37.7 Å². The molecule has 0 amide bonds. The number of ether oxygens (including phenoxy) is 1. The Labute approximate surface area is 176 Å². The van der Waals surface area contributed by atoms with Gasteiger partial charge in [0.1, 0.15) is 5.75 Å². The summed E-state index contributed by atoms with van der Waals surface area (Å²) in [5.74, 6) is 0.766. The molecular weight excluding hydrogens is 398 g/mol. The number of rotatable bonds is 4. The van der Waals surface area contributed by atoms with Crippen LogP contribution in [0.4, 0.5) is 5.69 Å². The van der Waals surface area contributed by atoms with Gasteiger partial charge in [-0.2, -0.15) is 0 Å². The molecule has 5 aromatic rings. The number of nitro groups is 1. The van der Waals surface area contributed by atoms with Crippen molar-refractivity contribution < 1.29 is 9.66 Å². The fourth-order valence-electron chi connectivity index (χ4n) is 3.60. The fourth-order valence-corrected chi connectivity index (χ4v) is 4.60. The predicted octanol–water partition coefficient (Wildman–Crippen LogP) is 6.11. The first kappa shape index (κ1) is 18.3. The Bertz CT molecular complexity index is 1400. The lowest BCUT2D eigenvalue weighted by atomic mass is 10.0. The van der Waals surface area contributed by atoms with Gasteiger partial charge in [0.2, 0.25) is 0 Å². The number of aryl methyl sites for hydroxylation is 1. The number of non-ortho nitro benzene ring substituents is 1. The Morgan fingerprint density at radius 2 is 1.70 bits per heavy atom. The van der Waals surface area contributed by atoms with Crippen molar-refractivity contribution >= 4 is 32.2 Å². The first-order chi connectivity index (χ1) is 14.5. The predicted molar refractivity (Wildman–Crippen MR) is 119 cm³/mol. The van der Waals surface area contributed by atoms with Crippen molar-refractivity contribution in [2.24, 2.45) is 0 Å². The lowest BCUT2D eigenvalue weighted by Gasteiger charge is -2.08. The summed E-state index contributed by atoms with van der Waals surface area (Å²) in [7, 11) is 1.63. The van der Waals surface area contributed by atoms with E-state index in [1.807, 2.05) is 35.6 Å². The van der Waals surface area contributed by atoms with Crippen molar-refractivity contribution in [1.29, 1.82) is 0 Å². The third-order valence-electron chi connectivity index (χ3n) is 5.13. The van der Waals surface area contributed by atoms with Crippen molar-refractivity contribution in [3.05, 3.63) is 82.4 Å². The Balaban J connectivity index is 1.85. The standard InChI is InChI=1S/C23H17N3O3S/c1-14-3-5-15(6-4-14)21-22(16-7-10-18(29-2)11-8-16)25-19-13-17(26(27)28)9-12-20(19)30-23(25)24-21/h3-13H,1-2H3. The van der Waals surface area contributed by atoms with Gasteiger partial charge >= 0.3 is 0 Å². The van der Waals surface area contributed by atoms with Crippen molar-refractivity contribution in [1.82, 2.24) is 9.38 Å². The summed E-state index contributed by atoms with van der Waals surface area (Å²) >= 11 is 1.52. The quantitative estimate of drug-likeness (QED) is 0.262. The molecule has 2 aromatic heterocycles. The largest absolute Gasteiger partial charge is 0.497 e. The molecule has 0 saturated heterocycles. The normalized spacial score (nSPS) is 11.3. The maximum Gasteiger partial charge on any atom is 0.271 e. The Kier molecular flexibility index (Phi) is 4.25. The van der Waals surface area contributed by atoms with Crippen molar-refractivity contribution in [2.45, 2.75) is 6.92 Å². The number of aromatic nitrogens is 2. The van der Waals surface area contributed by atoms with Crippen LogP contribution in [0.1, 0.15) is 5.56 Å². The van der Waals surface area contributed by atoms with Gasteiger partial charge in [-0.05, 0) is 37.3 Å². The number of hydrogen-bond donors (Lipinski definition) is 0. The Morgan fingerprint density at radius 1 is 1.00 bits per heavy atom. The van der Waals surface area contributed by atoms with Crippen LogP contribution in [0.2, 0.25) is 0 Å². The second kappa shape index (κ2) is 6.96. The van der Waals surface area contributed by atoms with E-state index in [-0.39, 0.29) is 10.6 Å². The molecule has 2 heterocycles. The van der Waals surface area contributed by atoms with E-state index >= 15 is 0 Å². The van der Waals surface area contributed by atoms with E-state index in [9.17, 15) is 10.1 Å². The maximum atomic E-state index is 11.4. The summed E-state index contributed by atoms with van der Waals surface area (Å²) < 4.78 is 8.27. The van der Waals surface area contributed by atoms with Crippen LogP contribution < -0.4 is 4.74 Å². The zero-order valence-corrected chi connectivity index (χ0v) is 17.1. The highest BCUT2D eigenvalue weighted by molar-refractivity contribution is 7.23. The van der Waals surface area contributed by atoms with Crippen LogP contribution in [0, 0.1) is 17.0 Å². The molecule has 0 aliphatic carbocycles. The third-order valence-corrected chi connectivity index (χ3v) is 6.15. The fraction of sp³-hybridized carbons (Fsp3) is 0.0870. The average Bonchev–Trinajstić information content (AvgIpc) is 3.30. The highest BCUT2D eigenvalue weighted by atomic mass is 32.1. The van der Waals surface area contributed by atoms with Gasteiger partial charge in [-0.1, -0.05) is 41.2 Å². The van der Waals surface area contributed by atoms with Gasteiger partial charge in [0.05, 0.1) is 33.6 Å². The van der Waals surface area contributed by atoms with E-state index in [1.54, 1.807) is 19.2 Å². The van der Waals surface area contributed by atoms with Crippen LogP contribution in [0.15, 0.2) is 66.7 Å². The van der Waals surface area contributed by atoms with Crippen molar-refractivity contribution in [3.63, 3.8) is 0 Å². The zero-order valence-electron chi connectivity index (χ0n) is 16.3. The molecule has 5 rings (SSSR count). The lowest BCUT2D eigenvalue weighted by molar-refractivity contribution is -0.384. The number of methoxy groups -OCH3 is 1. The van der Waals surface area contributed by atoms with Crippen LogP contribution in [0.3, 0.4) is 0 Å².